The Morgan fingerprint density at radius 3 is 3.00 bits per heavy atom. The molecule has 1 aliphatic heterocycles. The first-order chi connectivity index (χ1) is 7.65. The van der Waals surface area contributed by atoms with Gasteiger partial charge in [0.05, 0.1) is 17.2 Å². The zero-order valence-electron chi connectivity index (χ0n) is 9.86. The van der Waals surface area contributed by atoms with Gasteiger partial charge in [-0.05, 0) is 19.8 Å². The van der Waals surface area contributed by atoms with Crippen LogP contribution < -0.4 is 5.32 Å². The lowest BCUT2D eigenvalue weighted by atomic mass is 10.1. The molecule has 3 nitrogen and oxygen atoms in total. The van der Waals surface area contributed by atoms with Gasteiger partial charge in [0.15, 0.2) is 5.17 Å². The summed E-state index contributed by atoms with van der Waals surface area (Å²) < 4.78 is 0. The van der Waals surface area contributed by atoms with Gasteiger partial charge in [0, 0.05) is 17.2 Å². The molecule has 0 radical (unpaired) electrons. The Kier molecular flexibility index (Phi) is 3.86. The molecule has 1 aromatic rings. The first-order valence-electron chi connectivity index (χ1n) is 5.50. The summed E-state index contributed by atoms with van der Waals surface area (Å²) in [6.45, 7) is 7.21. The summed E-state index contributed by atoms with van der Waals surface area (Å²) >= 11 is 3.50. The molecule has 0 aromatic carbocycles. The van der Waals surface area contributed by atoms with E-state index in [1.165, 1.54) is 0 Å². The molecule has 1 N–H and O–H groups in total. The van der Waals surface area contributed by atoms with E-state index < -0.39 is 0 Å². The Labute approximate surface area is 105 Å². The van der Waals surface area contributed by atoms with Gasteiger partial charge in [-0.15, -0.1) is 11.3 Å². The number of aliphatic imine (C=N–C) groups is 1. The van der Waals surface area contributed by atoms with Crippen molar-refractivity contribution in [3.05, 3.63) is 16.1 Å². The Balaban J connectivity index is 1.93. The van der Waals surface area contributed by atoms with Gasteiger partial charge in [-0.1, -0.05) is 18.7 Å². The van der Waals surface area contributed by atoms with Gasteiger partial charge in [0.1, 0.15) is 0 Å². The molecule has 0 amide bonds. The molecule has 2 atom stereocenters. The summed E-state index contributed by atoms with van der Waals surface area (Å²) in [7, 11) is 0. The molecule has 0 saturated carbocycles. The highest BCUT2D eigenvalue weighted by atomic mass is 32.2. The number of thiazole rings is 1. The van der Waals surface area contributed by atoms with Crippen LogP contribution in [0.4, 0.5) is 0 Å². The minimum absolute atomic E-state index is 0.525. The number of thioether (sulfide) groups is 1. The van der Waals surface area contributed by atoms with Crippen molar-refractivity contribution >= 4 is 28.3 Å². The van der Waals surface area contributed by atoms with E-state index in [2.05, 4.69) is 34.5 Å². The maximum Gasteiger partial charge on any atom is 0.157 e. The van der Waals surface area contributed by atoms with Gasteiger partial charge in [0.25, 0.3) is 0 Å². The van der Waals surface area contributed by atoms with E-state index >= 15 is 0 Å². The maximum absolute atomic E-state index is 4.56. The summed E-state index contributed by atoms with van der Waals surface area (Å²) in [5, 5.41) is 7.69. The molecule has 2 rings (SSSR count). The predicted molar refractivity (Wildman–Crippen MR) is 72.2 cm³/mol. The van der Waals surface area contributed by atoms with Crippen LogP contribution in [0.15, 0.2) is 10.4 Å². The van der Waals surface area contributed by atoms with Crippen molar-refractivity contribution in [2.24, 2.45) is 10.9 Å². The van der Waals surface area contributed by atoms with Gasteiger partial charge < -0.3 is 5.32 Å². The van der Waals surface area contributed by atoms with Crippen LogP contribution in [0.25, 0.3) is 0 Å². The van der Waals surface area contributed by atoms with Crippen LogP contribution in [0.1, 0.15) is 24.5 Å². The molecule has 16 heavy (non-hydrogen) atoms. The van der Waals surface area contributed by atoms with E-state index in [4.69, 9.17) is 0 Å². The highest BCUT2D eigenvalue weighted by Gasteiger charge is 2.20. The topological polar surface area (TPSA) is 37.3 Å². The van der Waals surface area contributed by atoms with Crippen molar-refractivity contribution in [3.8, 4) is 0 Å². The summed E-state index contributed by atoms with van der Waals surface area (Å²) in [4.78, 5) is 8.97. The van der Waals surface area contributed by atoms with Gasteiger partial charge in [-0.3, -0.25) is 4.99 Å². The van der Waals surface area contributed by atoms with E-state index in [0.29, 0.717) is 18.5 Å². The standard InChI is InChI=1S/C11H17N3S2/c1-7-5-16-11(13-8(7)2)12-4-10-6-15-9(3)14-10/h6-8H,4-5H2,1-3H3,(H,12,13). The number of hydrogen-bond acceptors (Lipinski definition) is 4. The SMILES string of the molecule is Cc1nc(CN=C2NC(C)C(C)CS2)cs1. The molecule has 1 aliphatic rings. The maximum atomic E-state index is 4.56. The first-order valence-corrected chi connectivity index (χ1v) is 7.36. The monoisotopic (exact) mass is 255 g/mol. The molecule has 2 unspecified atom stereocenters. The number of hydrogen-bond donors (Lipinski definition) is 1. The Morgan fingerprint density at radius 1 is 1.56 bits per heavy atom. The van der Waals surface area contributed by atoms with Crippen molar-refractivity contribution < 1.29 is 0 Å². The minimum Gasteiger partial charge on any atom is -0.362 e. The summed E-state index contributed by atoms with van der Waals surface area (Å²) in [6, 6.07) is 0.525. The third-order valence-electron chi connectivity index (χ3n) is 2.74. The second-order valence-corrected chi connectivity index (χ2v) is 6.27. The number of aryl methyl sites for hydroxylation is 1. The molecule has 0 bridgehead atoms. The number of nitrogens with one attached hydrogen (secondary N) is 1. The smallest absolute Gasteiger partial charge is 0.157 e. The van der Waals surface area contributed by atoms with Crippen molar-refractivity contribution in [2.45, 2.75) is 33.4 Å². The van der Waals surface area contributed by atoms with Crippen molar-refractivity contribution in [2.75, 3.05) is 5.75 Å². The highest BCUT2D eigenvalue weighted by molar-refractivity contribution is 8.13. The van der Waals surface area contributed by atoms with E-state index in [0.717, 1.165) is 21.6 Å². The lowest BCUT2D eigenvalue weighted by molar-refractivity contribution is 0.490. The Morgan fingerprint density at radius 2 is 2.38 bits per heavy atom. The molecular formula is C11H17N3S2. The van der Waals surface area contributed by atoms with Crippen molar-refractivity contribution in [3.63, 3.8) is 0 Å². The second kappa shape index (κ2) is 5.19. The fourth-order valence-electron chi connectivity index (χ4n) is 1.46. The van der Waals surface area contributed by atoms with Crippen molar-refractivity contribution in [1.82, 2.24) is 10.3 Å². The van der Waals surface area contributed by atoms with Gasteiger partial charge in [-0.25, -0.2) is 4.98 Å². The Bertz CT molecular complexity index is 386. The average molecular weight is 255 g/mol. The van der Waals surface area contributed by atoms with Crippen LogP contribution in [0, 0.1) is 12.8 Å². The second-order valence-electron chi connectivity index (χ2n) is 4.20. The summed E-state index contributed by atoms with van der Waals surface area (Å²) in [6.07, 6.45) is 0. The van der Waals surface area contributed by atoms with Crippen LogP contribution in [0.2, 0.25) is 0 Å². The molecule has 1 saturated heterocycles. The van der Waals surface area contributed by atoms with Crippen LogP contribution in [-0.4, -0.2) is 21.9 Å². The molecular weight excluding hydrogens is 238 g/mol. The van der Waals surface area contributed by atoms with Crippen LogP contribution >= 0.6 is 23.1 Å². The van der Waals surface area contributed by atoms with Gasteiger partial charge >= 0.3 is 0 Å². The summed E-state index contributed by atoms with van der Waals surface area (Å²) in [5.41, 5.74) is 1.07. The molecule has 5 heteroatoms. The normalized spacial score (nSPS) is 28.1. The number of aromatic nitrogens is 1. The average Bonchev–Trinajstić information content (AvgIpc) is 2.66. The molecule has 0 spiro atoms. The number of nitrogens with zero attached hydrogens (tertiary/aromatic N) is 2. The largest absolute Gasteiger partial charge is 0.362 e. The minimum atomic E-state index is 0.525. The lowest BCUT2D eigenvalue weighted by Crippen LogP contribution is -2.41. The van der Waals surface area contributed by atoms with Crippen LogP contribution in [0.5, 0.6) is 0 Å². The molecule has 1 fully saturated rings. The number of amidine groups is 1. The molecule has 88 valence electrons. The van der Waals surface area contributed by atoms with E-state index in [-0.39, 0.29) is 0 Å². The third kappa shape index (κ3) is 2.98. The molecule has 1 aromatic heterocycles. The highest BCUT2D eigenvalue weighted by Crippen LogP contribution is 2.19. The summed E-state index contributed by atoms with van der Waals surface area (Å²) in [5.74, 6) is 1.87. The van der Waals surface area contributed by atoms with E-state index in [1.807, 2.05) is 18.7 Å². The first kappa shape index (κ1) is 11.9. The van der Waals surface area contributed by atoms with Crippen LogP contribution in [-0.2, 0) is 6.54 Å². The quantitative estimate of drug-likeness (QED) is 0.883. The van der Waals surface area contributed by atoms with Gasteiger partial charge in [0.2, 0.25) is 0 Å². The van der Waals surface area contributed by atoms with Crippen LogP contribution in [0.3, 0.4) is 0 Å². The third-order valence-corrected chi connectivity index (χ3v) is 4.77. The van der Waals surface area contributed by atoms with Crippen molar-refractivity contribution in [1.29, 1.82) is 0 Å². The molecule has 0 aliphatic carbocycles. The van der Waals surface area contributed by atoms with E-state index in [1.54, 1.807) is 11.3 Å². The zero-order chi connectivity index (χ0) is 11.5. The zero-order valence-corrected chi connectivity index (χ0v) is 11.5. The fraction of sp³-hybridized carbons (Fsp3) is 0.636. The fourth-order valence-corrected chi connectivity index (χ4v) is 3.20. The van der Waals surface area contributed by atoms with E-state index in [9.17, 15) is 0 Å². The molecule has 2 heterocycles. The Hall–Kier alpha value is -0.550. The van der Waals surface area contributed by atoms with Gasteiger partial charge in [-0.2, -0.15) is 0 Å². The number of rotatable bonds is 2. The predicted octanol–water partition coefficient (Wildman–Crippen LogP) is 2.67. The lowest BCUT2D eigenvalue weighted by Gasteiger charge is -2.28.